The molecule has 0 aliphatic carbocycles. The van der Waals surface area contributed by atoms with Crippen LogP contribution in [0, 0.1) is 6.92 Å². The van der Waals surface area contributed by atoms with E-state index in [9.17, 15) is 0 Å². The largest absolute Gasteiger partial charge is 0.349 e. The Kier molecular flexibility index (Phi) is 3.56. The fraction of sp³-hybridized carbons (Fsp3) is 0.700. The van der Waals surface area contributed by atoms with Crippen molar-refractivity contribution in [3.63, 3.8) is 0 Å². The van der Waals surface area contributed by atoms with Gasteiger partial charge in [-0.1, -0.05) is 11.6 Å². The van der Waals surface area contributed by atoms with E-state index in [-0.39, 0.29) is 0 Å². The lowest BCUT2D eigenvalue weighted by molar-refractivity contribution is 0.260. The third kappa shape index (κ3) is 2.80. The quantitative estimate of drug-likeness (QED) is 0.847. The van der Waals surface area contributed by atoms with Crippen molar-refractivity contribution < 1.29 is 0 Å². The Morgan fingerprint density at radius 1 is 1.44 bits per heavy atom. The van der Waals surface area contributed by atoms with E-state index in [0.29, 0.717) is 22.8 Å². The Labute approximate surface area is 100 Å². The van der Waals surface area contributed by atoms with E-state index >= 15 is 0 Å². The first kappa shape index (κ1) is 11.5. The molecule has 1 atom stereocenters. The third-order valence-corrected chi connectivity index (χ3v) is 3.11. The van der Waals surface area contributed by atoms with Crippen molar-refractivity contribution in [2.24, 2.45) is 0 Å². The number of nitrogens with one attached hydrogen (secondary N) is 1. The highest BCUT2D eigenvalue weighted by atomic mass is 35.5. The van der Waals surface area contributed by atoms with Crippen LogP contribution in [-0.2, 0) is 0 Å². The average molecular weight is 242 g/mol. The molecule has 0 aromatic carbocycles. The summed E-state index contributed by atoms with van der Waals surface area (Å²) in [5.41, 5.74) is 0.711. The van der Waals surface area contributed by atoms with Crippen LogP contribution in [0.25, 0.3) is 0 Å². The van der Waals surface area contributed by atoms with Gasteiger partial charge in [-0.25, -0.2) is 4.98 Å². The van der Waals surface area contributed by atoms with Crippen molar-refractivity contribution in [1.82, 2.24) is 20.1 Å². The van der Waals surface area contributed by atoms with E-state index in [0.717, 1.165) is 19.5 Å². The first-order chi connectivity index (χ1) is 7.65. The van der Waals surface area contributed by atoms with Gasteiger partial charge >= 0.3 is 0 Å². The summed E-state index contributed by atoms with van der Waals surface area (Å²) in [5, 5.41) is 11.4. The normalized spacial score (nSPS) is 22.1. The van der Waals surface area contributed by atoms with Crippen molar-refractivity contribution in [2.75, 3.05) is 25.5 Å². The number of likely N-dealkylation sites (tertiary alicyclic amines) is 1. The van der Waals surface area contributed by atoms with E-state index in [1.165, 1.54) is 6.42 Å². The fourth-order valence-electron chi connectivity index (χ4n) is 1.92. The zero-order valence-corrected chi connectivity index (χ0v) is 10.3. The van der Waals surface area contributed by atoms with Crippen LogP contribution < -0.4 is 5.32 Å². The molecule has 16 heavy (non-hydrogen) atoms. The van der Waals surface area contributed by atoms with Gasteiger partial charge in [0.15, 0.2) is 5.15 Å². The van der Waals surface area contributed by atoms with Crippen molar-refractivity contribution >= 4 is 17.5 Å². The number of rotatable bonds is 2. The molecule has 0 amide bonds. The highest BCUT2D eigenvalue weighted by Crippen LogP contribution is 2.14. The molecule has 0 saturated carbocycles. The summed E-state index contributed by atoms with van der Waals surface area (Å²) in [6.07, 6.45) is 2.35. The summed E-state index contributed by atoms with van der Waals surface area (Å²) >= 11 is 5.77. The number of halogens is 1. The van der Waals surface area contributed by atoms with Crippen LogP contribution in [0.5, 0.6) is 0 Å². The number of aryl methyl sites for hydroxylation is 1. The minimum Gasteiger partial charge on any atom is -0.349 e. The Balaban J connectivity index is 2.00. The van der Waals surface area contributed by atoms with Gasteiger partial charge in [-0.3, -0.25) is 0 Å². The summed E-state index contributed by atoms with van der Waals surface area (Å²) in [4.78, 5) is 6.56. The maximum absolute atomic E-state index is 5.77. The molecule has 0 radical (unpaired) electrons. The monoisotopic (exact) mass is 241 g/mol. The lowest BCUT2D eigenvalue weighted by Crippen LogP contribution is -2.40. The summed E-state index contributed by atoms with van der Waals surface area (Å²) < 4.78 is 0. The van der Waals surface area contributed by atoms with Crippen LogP contribution in [0.4, 0.5) is 5.95 Å². The predicted molar refractivity (Wildman–Crippen MR) is 63.7 cm³/mol. The number of aromatic nitrogens is 3. The molecule has 6 heteroatoms. The number of likely N-dealkylation sites (N-methyl/N-ethyl adjacent to an activating group) is 1. The molecule has 0 bridgehead atoms. The van der Waals surface area contributed by atoms with Gasteiger partial charge in [-0.15, -0.1) is 10.2 Å². The summed E-state index contributed by atoms with van der Waals surface area (Å²) in [6, 6.07) is 0.404. The van der Waals surface area contributed by atoms with E-state index in [4.69, 9.17) is 11.6 Å². The maximum atomic E-state index is 5.77. The lowest BCUT2D eigenvalue weighted by atomic mass is 10.1. The van der Waals surface area contributed by atoms with Gasteiger partial charge in [0.1, 0.15) is 0 Å². The van der Waals surface area contributed by atoms with Gasteiger partial charge in [0.05, 0.1) is 5.69 Å². The molecular formula is C10H16ClN5. The molecule has 1 aliphatic heterocycles. The Bertz CT molecular complexity index is 370. The van der Waals surface area contributed by atoms with Crippen LogP contribution in [-0.4, -0.2) is 46.3 Å². The molecule has 5 nitrogen and oxygen atoms in total. The standard InChI is InChI=1S/C10H16ClN5/c1-7-9(11)14-15-10(12-7)13-8-4-3-5-16(2)6-8/h8H,3-6H2,1-2H3,(H,12,13,15)/t8-/m1/s1. The van der Waals surface area contributed by atoms with Gasteiger partial charge < -0.3 is 10.2 Å². The van der Waals surface area contributed by atoms with E-state index in [2.05, 4.69) is 32.4 Å². The van der Waals surface area contributed by atoms with Gasteiger partial charge in [-0.2, -0.15) is 0 Å². The van der Waals surface area contributed by atoms with Gasteiger partial charge in [-0.05, 0) is 33.4 Å². The molecule has 88 valence electrons. The van der Waals surface area contributed by atoms with Crippen LogP contribution in [0.3, 0.4) is 0 Å². The van der Waals surface area contributed by atoms with Gasteiger partial charge in [0, 0.05) is 12.6 Å². The molecule has 1 aromatic heterocycles. The Morgan fingerprint density at radius 2 is 2.25 bits per heavy atom. The number of piperidine rings is 1. The highest BCUT2D eigenvalue weighted by Gasteiger charge is 2.17. The number of hydrogen-bond donors (Lipinski definition) is 1. The minimum atomic E-state index is 0.367. The van der Waals surface area contributed by atoms with Crippen molar-refractivity contribution in [3.8, 4) is 0 Å². The van der Waals surface area contributed by atoms with Crippen LogP contribution in [0.15, 0.2) is 0 Å². The molecule has 1 N–H and O–H groups in total. The third-order valence-electron chi connectivity index (χ3n) is 2.76. The first-order valence-electron chi connectivity index (χ1n) is 5.47. The zero-order valence-electron chi connectivity index (χ0n) is 9.57. The summed E-state index contributed by atoms with van der Waals surface area (Å²) in [5.74, 6) is 0.571. The van der Waals surface area contributed by atoms with Crippen molar-refractivity contribution in [1.29, 1.82) is 0 Å². The molecule has 1 fully saturated rings. The van der Waals surface area contributed by atoms with Crippen LogP contribution >= 0.6 is 11.6 Å². The number of hydrogen-bond acceptors (Lipinski definition) is 5. The smallest absolute Gasteiger partial charge is 0.243 e. The number of anilines is 1. The Hall–Kier alpha value is -0.940. The van der Waals surface area contributed by atoms with Gasteiger partial charge in [0.2, 0.25) is 5.95 Å². The molecule has 0 spiro atoms. The molecule has 2 rings (SSSR count). The molecule has 2 heterocycles. The minimum absolute atomic E-state index is 0.367. The average Bonchev–Trinajstić information content (AvgIpc) is 2.24. The van der Waals surface area contributed by atoms with Crippen LogP contribution in [0.1, 0.15) is 18.5 Å². The van der Waals surface area contributed by atoms with E-state index in [1.54, 1.807) is 0 Å². The second kappa shape index (κ2) is 4.93. The molecule has 1 aromatic rings. The zero-order chi connectivity index (χ0) is 11.5. The van der Waals surface area contributed by atoms with Crippen LogP contribution in [0.2, 0.25) is 5.15 Å². The van der Waals surface area contributed by atoms with E-state index in [1.807, 2.05) is 6.92 Å². The maximum Gasteiger partial charge on any atom is 0.243 e. The van der Waals surface area contributed by atoms with Crippen molar-refractivity contribution in [3.05, 3.63) is 10.8 Å². The van der Waals surface area contributed by atoms with Crippen molar-refractivity contribution in [2.45, 2.75) is 25.8 Å². The number of nitrogens with zero attached hydrogens (tertiary/aromatic N) is 4. The van der Waals surface area contributed by atoms with Gasteiger partial charge in [0.25, 0.3) is 0 Å². The second-order valence-electron chi connectivity index (χ2n) is 4.26. The second-order valence-corrected chi connectivity index (χ2v) is 4.62. The summed E-state index contributed by atoms with van der Waals surface area (Å²) in [6.45, 7) is 4.01. The Morgan fingerprint density at radius 3 is 2.94 bits per heavy atom. The summed E-state index contributed by atoms with van der Waals surface area (Å²) in [7, 11) is 2.13. The molecular weight excluding hydrogens is 226 g/mol. The highest BCUT2D eigenvalue weighted by molar-refractivity contribution is 6.29. The molecule has 0 unspecified atom stereocenters. The molecule has 1 aliphatic rings. The first-order valence-corrected chi connectivity index (χ1v) is 5.85. The topological polar surface area (TPSA) is 53.9 Å². The predicted octanol–water partition coefficient (Wildman–Crippen LogP) is 1.34. The fourth-order valence-corrected chi connectivity index (χ4v) is 2.00. The SMILES string of the molecule is Cc1nc(N[C@@H]2CCCN(C)C2)nnc1Cl. The lowest BCUT2D eigenvalue weighted by Gasteiger charge is -2.30. The molecule has 1 saturated heterocycles. The van der Waals surface area contributed by atoms with E-state index < -0.39 is 0 Å².